The molecule has 2 aromatic heterocycles. The first kappa shape index (κ1) is 13.2. The molecule has 0 unspecified atom stereocenters. The predicted molar refractivity (Wildman–Crippen MR) is 70.0 cm³/mol. The molecule has 2 heterocycles. The fourth-order valence-electron chi connectivity index (χ4n) is 1.42. The number of pyridine rings is 1. The molecule has 0 saturated heterocycles. The van der Waals surface area contributed by atoms with Gasteiger partial charge in [0.2, 0.25) is 0 Å². The van der Waals surface area contributed by atoms with Crippen molar-refractivity contribution in [3.05, 3.63) is 45.1 Å². The van der Waals surface area contributed by atoms with Gasteiger partial charge in [-0.15, -0.1) is 0 Å². The van der Waals surface area contributed by atoms with E-state index in [-0.39, 0.29) is 16.5 Å². The van der Waals surface area contributed by atoms with E-state index in [2.05, 4.69) is 4.98 Å². The van der Waals surface area contributed by atoms with Crippen LogP contribution in [0.15, 0.2) is 24.4 Å². The summed E-state index contributed by atoms with van der Waals surface area (Å²) in [5.41, 5.74) is 0.410. The Bertz CT molecular complexity index is 651. The Morgan fingerprint density at radius 3 is 2.84 bits per heavy atom. The second-order valence-corrected chi connectivity index (χ2v) is 4.80. The van der Waals surface area contributed by atoms with E-state index < -0.39 is 4.92 Å². The molecule has 6 nitrogen and oxygen atoms in total. The van der Waals surface area contributed by atoms with Gasteiger partial charge in [0.05, 0.1) is 15.5 Å². The first-order valence-electron chi connectivity index (χ1n) is 5.37. The van der Waals surface area contributed by atoms with Gasteiger partial charge in [0.15, 0.2) is 5.78 Å². The van der Waals surface area contributed by atoms with Crippen LogP contribution >= 0.6 is 11.3 Å². The van der Waals surface area contributed by atoms with Crippen molar-refractivity contribution in [2.45, 2.75) is 13.8 Å². The van der Waals surface area contributed by atoms with Gasteiger partial charge in [0.1, 0.15) is 5.75 Å². The van der Waals surface area contributed by atoms with Crippen LogP contribution in [0.3, 0.4) is 0 Å². The number of ketones is 1. The molecule has 19 heavy (non-hydrogen) atoms. The minimum absolute atomic E-state index is 0.0892. The average molecular weight is 278 g/mol. The molecule has 0 aliphatic rings. The van der Waals surface area contributed by atoms with Crippen molar-refractivity contribution in [1.82, 2.24) is 4.98 Å². The zero-order chi connectivity index (χ0) is 14.0. The number of carbonyl (C=O) groups is 1. The van der Waals surface area contributed by atoms with Gasteiger partial charge in [-0.25, -0.2) is 0 Å². The number of carbonyl (C=O) groups excluding carboxylic acids is 1. The fourth-order valence-corrected chi connectivity index (χ4v) is 2.30. The molecule has 0 spiro atoms. The molecule has 0 aliphatic carbocycles. The lowest BCUT2D eigenvalue weighted by Gasteiger charge is -2.04. The Labute approximate surface area is 112 Å². The number of Topliss-reactive ketones (excluding diaryl/α,β-unsaturated/α-hetero) is 1. The van der Waals surface area contributed by atoms with Crippen molar-refractivity contribution in [2.75, 3.05) is 0 Å². The summed E-state index contributed by atoms with van der Waals surface area (Å²) in [7, 11) is 0. The zero-order valence-corrected chi connectivity index (χ0v) is 11.1. The minimum Gasteiger partial charge on any atom is -0.438 e. The maximum atomic E-state index is 11.3. The Balaban J connectivity index is 2.42. The topological polar surface area (TPSA) is 82.3 Å². The van der Waals surface area contributed by atoms with Crippen molar-refractivity contribution >= 4 is 22.8 Å². The van der Waals surface area contributed by atoms with Crippen molar-refractivity contribution in [1.29, 1.82) is 0 Å². The number of nitrogens with zero attached hydrogens (tertiary/aromatic N) is 2. The highest BCUT2D eigenvalue weighted by molar-refractivity contribution is 7.16. The van der Waals surface area contributed by atoms with Crippen LogP contribution in [0.4, 0.5) is 5.69 Å². The number of aromatic nitrogens is 1. The lowest BCUT2D eigenvalue weighted by molar-refractivity contribution is -0.385. The molecular formula is C12H10N2O4S. The standard InChI is InChI=1S/C12H10N2O4S/c1-7-10(4-3-5-13-7)18-12-9(14(16)17)6-11(19-12)8(2)15/h3-6H,1-2H3. The Morgan fingerprint density at radius 2 is 2.26 bits per heavy atom. The third-order valence-corrected chi connectivity index (χ3v) is 3.49. The highest BCUT2D eigenvalue weighted by atomic mass is 32.1. The van der Waals surface area contributed by atoms with E-state index in [4.69, 9.17) is 4.74 Å². The Hall–Kier alpha value is -2.28. The summed E-state index contributed by atoms with van der Waals surface area (Å²) >= 11 is 0.958. The number of hydrogen-bond acceptors (Lipinski definition) is 6. The van der Waals surface area contributed by atoms with Gasteiger partial charge in [-0.05, 0) is 26.0 Å². The highest BCUT2D eigenvalue weighted by Crippen LogP contribution is 2.40. The van der Waals surface area contributed by atoms with Crippen LogP contribution in [0.2, 0.25) is 0 Å². The minimum atomic E-state index is -0.566. The second kappa shape index (κ2) is 5.15. The van der Waals surface area contributed by atoms with Crippen molar-refractivity contribution < 1.29 is 14.5 Å². The van der Waals surface area contributed by atoms with E-state index in [0.29, 0.717) is 16.3 Å². The van der Waals surface area contributed by atoms with Crippen LogP contribution in [-0.2, 0) is 0 Å². The first-order chi connectivity index (χ1) is 8.99. The van der Waals surface area contributed by atoms with E-state index in [1.165, 1.54) is 13.0 Å². The van der Waals surface area contributed by atoms with Gasteiger partial charge in [0, 0.05) is 12.3 Å². The molecule has 0 amide bonds. The van der Waals surface area contributed by atoms with E-state index in [9.17, 15) is 14.9 Å². The van der Waals surface area contributed by atoms with E-state index >= 15 is 0 Å². The van der Waals surface area contributed by atoms with Crippen LogP contribution in [0.25, 0.3) is 0 Å². The third kappa shape index (κ3) is 2.76. The molecule has 0 bridgehead atoms. The average Bonchev–Trinajstić information content (AvgIpc) is 2.76. The molecule has 0 N–H and O–H groups in total. The van der Waals surface area contributed by atoms with Gasteiger partial charge >= 0.3 is 5.69 Å². The molecule has 0 aromatic carbocycles. The molecule has 0 radical (unpaired) electrons. The fraction of sp³-hybridized carbons (Fsp3) is 0.167. The Kier molecular flexibility index (Phi) is 3.57. The number of ether oxygens (including phenoxy) is 1. The molecule has 0 fully saturated rings. The molecule has 2 aromatic rings. The monoisotopic (exact) mass is 278 g/mol. The number of thiophene rings is 1. The van der Waals surface area contributed by atoms with Gasteiger partial charge < -0.3 is 4.74 Å². The first-order valence-corrected chi connectivity index (χ1v) is 6.19. The third-order valence-electron chi connectivity index (χ3n) is 2.38. The smallest absolute Gasteiger partial charge is 0.323 e. The SMILES string of the molecule is CC(=O)c1cc([N+](=O)[O-])c(Oc2cccnc2C)s1. The van der Waals surface area contributed by atoms with Crippen LogP contribution in [0, 0.1) is 17.0 Å². The summed E-state index contributed by atoms with van der Waals surface area (Å²) in [4.78, 5) is 26.0. The summed E-state index contributed by atoms with van der Waals surface area (Å²) in [6.07, 6.45) is 1.60. The summed E-state index contributed by atoms with van der Waals surface area (Å²) in [6.45, 7) is 3.09. The van der Waals surface area contributed by atoms with Crippen molar-refractivity contribution in [3.8, 4) is 10.8 Å². The maximum absolute atomic E-state index is 11.3. The molecule has 7 heteroatoms. The second-order valence-electron chi connectivity index (χ2n) is 3.79. The van der Waals surface area contributed by atoms with Gasteiger partial charge in [-0.3, -0.25) is 19.9 Å². The summed E-state index contributed by atoms with van der Waals surface area (Å²) in [5.74, 6) is 0.202. The van der Waals surface area contributed by atoms with Crippen LogP contribution in [0.1, 0.15) is 22.3 Å². The Morgan fingerprint density at radius 1 is 1.53 bits per heavy atom. The summed E-state index contributed by atoms with van der Waals surface area (Å²) < 4.78 is 5.49. The van der Waals surface area contributed by atoms with Gasteiger partial charge in [-0.1, -0.05) is 11.3 Å². The van der Waals surface area contributed by atoms with Crippen molar-refractivity contribution in [3.63, 3.8) is 0 Å². The maximum Gasteiger partial charge on any atom is 0.323 e. The highest BCUT2D eigenvalue weighted by Gasteiger charge is 2.23. The molecule has 0 aliphatic heterocycles. The van der Waals surface area contributed by atoms with Crippen LogP contribution in [-0.4, -0.2) is 15.7 Å². The predicted octanol–water partition coefficient (Wildman–Crippen LogP) is 3.35. The van der Waals surface area contributed by atoms with Crippen LogP contribution < -0.4 is 4.74 Å². The van der Waals surface area contributed by atoms with Crippen molar-refractivity contribution in [2.24, 2.45) is 0 Å². The summed E-state index contributed by atoms with van der Waals surface area (Å²) in [5, 5.41) is 11.0. The van der Waals surface area contributed by atoms with Gasteiger partial charge in [-0.2, -0.15) is 0 Å². The number of hydrogen-bond donors (Lipinski definition) is 0. The molecule has 0 saturated carbocycles. The van der Waals surface area contributed by atoms with E-state index in [0.717, 1.165) is 11.3 Å². The normalized spacial score (nSPS) is 10.2. The lowest BCUT2D eigenvalue weighted by atomic mass is 10.3. The molecule has 98 valence electrons. The van der Waals surface area contributed by atoms with E-state index in [1.807, 2.05) is 0 Å². The molecule has 0 atom stereocenters. The number of nitro groups is 1. The number of rotatable bonds is 4. The largest absolute Gasteiger partial charge is 0.438 e. The zero-order valence-electron chi connectivity index (χ0n) is 10.2. The molecular weight excluding hydrogens is 268 g/mol. The van der Waals surface area contributed by atoms with Crippen LogP contribution in [0.5, 0.6) is 10.8 Å². The van der Waals surface area contributed by atoms with E-state index in [1.54, 1.807) is 25.3 Å². The summed E-state index contributed by atoms with van der Waals surface area (Å²) in [6, 6.07) is 4.57. The lowest BCUT2D eigenvalue weighted by Crippen LogP contribution is -1.91. The van der Waals surface area contributed by atoms with Gasteiger partial charge in [0.25, 0.3) is 5.06 Å². The molecule has 2 rings (SSSR count). The quantitative estimate of drug-likeness (QED) is 0.486. The number of aryl methyl sites for hydroxylation is 1.